The summed E-state index contributed by atoms with van der Waals surface area (Å²) in [6.07, 6.45) is 0. The third-order valence-electron chi connectivity index (χ3n) is 3.51. The molecule has 0 heterocycles. The molecular weight excluding hydrogens is 357 g/mol. The SMILES string of the molecule is CCOc1ccc(C(=O)Nc2ccc(F)c(Cl)c2)cc1COCC(C)C. The molecule has 1 amide bonds. The van der Waals surface area contributed by atoms with Crippen LogP contribution in [-0.2, 0) is 11.3 Å². The van der Waals surface area contributed by atoms with Crippen molar-refractivity contribution in [2.24, 2.45) is 5.92 Å². The van der Waals surface area contributed by atoms with Crippen LogP contribution in [0.4, 0.5) is 10.1 Å². The number of carbonyl (C=O) groups is 1. The second-order valence-electron chi connectivity index (χ2n) is 6.25. The van der Waals surface area contributed by atoms with E-state index in [9.17, 15) is 9.18 Å². The molecule has 2 rings (SSSR count). The molecule has 0 unspecified atom stereocenters. The van der Waals surface area contributed by atoms with E-state index in [4.69, 9.17) is 21.1 Å². The van der Waals surface area contributed by atoms with E-state index in [0.29, 0.717) is 42.7 Å². The molecule has 2 aromatic rings. The van der Waals surface area contributed by atoms with E-state index in [1.165, 1.54) is 18.2 Å². The summed E-state index contributed by atoms with van der Waals surface area (Å²) in [5.41, 5.74) is 1.68. The zero-order valence-electron chi connectivity index (χ0n) is 15.1. The molecule has 0 saturated heterocycles. The van der Waals surface area contributed by atoms with Gasteiger partial charge in [-0.3, -0.25) is 4.79 Å². The van der Waals surface area contributed by atoms with Crippen molar-refractivity contribution in [3.63, 3.8) is 0 Å². The molecule has 0 aliphatic carbocycles. The molecular formula is C20H23ClFNO3. The van der Waals surface area contributed by atoms with Gasteiger partial charge in [-0.1, -0.05) is 25.4 Å². The van der Waals surface area contributed by atoms with E-state index in [-0.39, 0.29) is 10.9 Å². The molecule has 0 atom stereocenters. The van der Waals surface area contributed by atoms with Gasteiger partial charge in [0.2, 0.25) is 0 Å². The Morgan fingerprint density at radius 2 is 2.00 bits per heavy atom. The molecule has 0 saturated carbocycles. The Kier molecular flexibility index (Phi) is 7.42. The van der Waals surface area contributed by atoms with Crippen LogP contribution in [0.15, 0.2) is 36.4 Å². The summed E-state index contributed by atoms with van der Waals surface area (Å²) in [5, 5.41) is 2.66. The lowest BCUT2D eigenvalue weighted by atomic mass is 10.1. The summed E-state index contributed by atoms with van der Waals surface area (Å²) < 4.78 is 24.5. The number of anilines is 1. The molecule has 0 radical (unpaired) electrons. The lowest BCUT2D eigenvalue weighted by molar-refractivity contribution is 0.0948. The van der Waals surface area contributed by atoms with Crippen molar-refractivity contribution in [2.75, 3.05) is 18.5 Å². The van der Waals surface area contributed by atoms with Gasteiger partial charge < -0.3 is 14.8 Å². The van der Waals surface area contributed by atoms with Crippen molar-refractivity contribution < 1.29 is 18.7 Å². The van der Waals surface area contributed by atoms with Crippen LogP contribution in [0, 0.1) is 11.7 Å². The highest BCUT2D eigenvalue weighted by Gasteiger charge is 2.12. The minimum atomic E-state index is -0.532. The van der Waals surface area contributed by atoms with Gasteiger partial charge in [0.1, 0.15) is 11.6 Å². The fourth-order valence-electron chi connectivity index (χ4n) is 2.31. The maximum absolute atomic E-state index is 13.2. The number of halogens is 2. The summed E-state index contributed by atoms with van der Waals surface area (Å²) in [6.45, 7) is 7.55. The van der Waals surface area contributed by atoms with Crippen LogP contribution in [-0.4, -0.2) is 19.1 Å². The van der Waals surface area contributed by atoms with Gasteiger partial charge in [-0.25, -0.2) is 4.39 Å². The maximum Gasteiger partial charge on any atom is 0.255 e. The third kappa shape index (κ3) is 5.71. The van der Waals surface area contributed by atoms with Crippen LogP contribution in [0.25, 0.3) is 0 Å². The standard InChI is InChI=1S/C20H23ClFNO3/c1-4-26-19-8-5-14(9-15(19)12-25-11-13(2)3)20(24)23-16-6-7-18(22)17(21)10-16/h5-10,13H,4,11-12H2,1-3H3,(H,23,24). The topological polar surface area (TPSA) is 47.6 Å². The Bertz CT molecular complexity index is 765. The molecule has 140 valence electrons. The summed E-state index contributed by atoms with van der Waals surface area (Å²) in [5.74, 6) is 0.258. The molecule has 6 heteroatoms. The lowest BCUT2D eigenvalue weighted by Crippen LogP contribution is -2.13. The van der Waals surface area contributed by atoms with Gasteiger partial charge in [0, 0.05) is 23.4 Å². The Hall–Kier alpha value is -2.11. The quantitative estimate of drug-likeness (QED) is 0.676. The van der Waals surface area contributed by atoms with E-state index in [2.05, 4.69) is 19.2 Å². The van der Waals surface area contributed by atoms with Gasteiger partial charge in [-0.15, -0.1) is 0 Å². The number of rotatable bonds is 8. The largest absolute Gasteiger partial charge is 0.494 e. The Morgan fingerprint density at radius 1 is 1.23 bits per heavy atom. The van der Waals surface area contributed by atoms with Gasteiger partial charge in [0.25, 0.3) is 5.91 Å². The number of benzene rings is 2. The Balaban J connectivity index is 2.16. The monoisotopic (exact) mass is 379 g/mol. The second kappa shape index (κ2) is 9.55. The van der Waals surface area contributed by atoms with Gasteiger partial charge in [-0.05, 0) is 49.2 Å². The minimum absolute atomic E-state index is 0.0442. The van der Waals surface area contributed by atoms with Crippen LogP contribution in [0.1, 0.15) is 36.7 Å². The maximum atomic E-state index is 13.2. The molecule has 0 aliphatic heterocycles. The smallest absolute Gasteiger partial charge is 0.255 e. The van der Waals surface area contributed by atoms with E-state index in [1.807, 2.05) is 6.92 Å². The number of hydrogen-bond acceptors (Lipinski definition) is 3. The van der Waals surface area contributed by atoms with Crippen molar-refractivity contribution in [2.45, 2.75) is 27.4 Å². The van der Waals surface area contributed by atoms with Crippen molar-refractivity contribution in [1.29, 1.82) is 0 Å². The molecule has 26 heavy (non-hydrogen) atoms. The summed E-state index contributed by atoms with van der Waals surface area (Å²) in [4.78, 5) is 12.5. The van der Waals surface area contributed by atoms with Gasteiger partial charge in [-0.2, -0.15) is 0 Å². The summed E-state index contributed by atoms with van der Waals surface area (Å²) >= 11 is 5.75. The molecule has 0 bridgehead atoms. The molecule has 2 aromatic carbocycles. The van der Waals surface area contributed by atoms with Crippen LogP contribution >= 0.6 is 11.6 Å². The fraction of sp³-hybridized carbons (Fsp3) is 0.350. The highest BCUT2D eigenvalue weighted by molar-refractivity contribution is 6.31. The van der Waals surface area contributed by atoms with Crippen molar-refractivity contribution in [3.8, 4) is 5.75 Å². The molecule has 1 N–H and O–H groups in total. The summed E-state index contributed by atoms with van der Waals surface area (Å²) in [6, 6.07) is 9.21. The molecule has 0 aliphatic rings. The van der Waals surface area contributed by atoms with Crippen LogP contribution in [0.5, 0.6) is 5.75 Å². The number of amides is 1. The zero-order valence-corrected chi connectivity index (χ0v) is 15.9. The fourth-order valence-corrected chi connectivity index (χ4v) is 2.49. The van der Waals surface area contributed by atoms with E-state index >= 15 is 0 Å². The number of carbonyl (C=O) groups excluding carboxylic acids is 1. The van der Waals surface area contributed by atoms with E-state index in [1.54, 1.807) is 18.2 Å². The Labute approximate surface area is 158 Å². The van der Waals surface area contributed by atoms with Gasteiger partial charge in [0.15, 0.2) is 0 Å². The van der Waals surface area contributed by atoms with Gasteiger partial charge in [0.05, 0.1) is 18.2 Å². The van der Waals surface area contributed by atoms with Crippen LogP contribution < -0.4 is 10.1 Å². The first kappa shape index (κ1) is 20.2. The zero-order chi connectivity index (χ0) is 19.1. The van der Waals surface area contributed by atoms with Crippen LogP contribution in [0.2, 0.25) is 5.02 Å². The minimum Gasteiger partial charge on any atom is -0.494 e. The molecule has 4 nitrogen and oxygen atoms in total. The van der Waals surface area contributed by atoms with Gasteiger partial charge >= 0.3 is 0 Å². The summed E-state index contributed by atoms with van der Waals surface area (Å²) in [7, 11) is 0. The normalized spacial score (nSPS) is 10.8. The average Bonchev–Trinajstić information content (AvgIpc) is 2.59. The van der Waals surface area contributed by atoms with Crippen molar-refractivity contribution in [3.05, 3.63) is 58.4 Å². The predicted molar refractivity (Wildman–Crippen MR) is 101 cm³/mol. The van der Waals surface area contributed by atoms with E-state index in [0.717, 1.165) is 5.56 Å². The Morgan fingerprint density at radius 3 is 2.65 bits per heavy atom. The highest BCUT2D eigenvalue weighted by Crippen LogP contribution is 2.24. The highest BCUT2D eigenvalue weighted by atomic mass is 35.5. The third-order valence-corrected chi connectivity index (χ3v) is 3.80. The first-order chi connectivity index (χ1) is 12.4. The van der Waals surface area contributed by atoms with Crippen molar-refractivity contribution in [1.82, 2.24) is 0 Å². The first-order valence-electron chi connectivity index (χ1n) is 8.50. The average molecular weight is 380 g/mol. The molecule has 0 spiro atoms. The first-order valence-corrected chi connectivity index (χ1v) is 8.88. The number of ether oxygens (including phenoxy) is 2. The lowest BCUT2D eigenvalue weighted by Gasteiger charge is -2.14. The predicted octanol–water partition coefficient (Wildman–Crippen LogP) is 5.30. The second-order valence-corrected chi connectivity index (χ2v) is 6.65. The van der Waals surface area contributed by atoms with Crippen molar-refractivity contribution >= 4 is 23.2 Å². The number of hydrogen-bond donors (Lipinski definition) is 1. The number of nitrogens with one attached hydrogen (secondary N) is 1. The molecule has 0 aromatic heterocycles. The molecule has 0 fully saturated rings. The van der Waals surface area contributed by atoms with E-state index < -0.39 is 5.82 Å². The van der Waals surface area contributed by atoms with Crippen LogP contribution in [0.3, 0.4) is 0 Å².